The number of pyridine rings is 1. The highest BCUT2D eigenvalue weighted by Gasteiger charge is 2.49. The van der Waals surface area contributed by atoms with Crippen molar-refractivity contribution in [2.75, 3.05) is 5.32 Å². The SMILES string of the molecule is CCc1ccc(F)cc1S(=O)(=O)c1ccc(CNC(=O)C2(C3CCCCCCC3)Cc3cnccc3N2)cc1. The lowest BCUT2D eigenvalue weighted by molar-refractivity contribution is -0.127. The Kier molecular flexibility index (Phi) is 8.03. The lowest BCUT2D eigenvalue weighted by Gasteiger charge is -2.38. The van der Waals surface area contributed by atoms with E-state index < -0.39 is 21.2 Å². The molecule has 0 radical (unpaired) electrons. The number of fused-ring (bicyclic) bond motifs is 1. The van der Waals surface area contributed by atoms with Crippen LogP contribution in [0.1, 0.15) is 68.6 Å². The van der Waals surface area contributed by atoms with Crippen molar-refractivity contribution in [2.45, 2.75) is 86.6 Å². The minimum atomic E-state index is -3.87. The highest BCUT2D eigenvalue weighted by atomic mass is 32.2. The van der Waals surface area contributed by atoms with Gasteiger partial charge < -0.3 is 10.6 Å². The first-order chi connectivity index (χ1) is 18.8. The van der Waals surface area contributed by atoms with E-state index >= 15 is 0 Å². The van der Waals surface area contributed by atoms with E-state index in [9.17, 15) is 17.6 Å². The van der Waals surface area contributed by atoms with Crippen LogP contribution < -0.4 is 10.6 Å². The predicted octanol–water partition coefficient (Wildman–Crippen LogP) is 6.00. The molecule has 1 fully saturated rings. The van der Waals surface area contributed by atoms with E-state index in [1.54, 1.807) is 18.3 Å². The number of hydrogen-bond acceptors (Lipinski definition) is 5. The molecule has 2 aromatic carbocycles. The second-order valence-corrected chi connectivity index (χ2v) is 12.7. The summed E-state index contributed by atoms with van der Waals surface area (Å²) in [7, 11) is -3.87. The quantitative estimate of drug-likeness (QED) is 0.377. The number of rotatable bonds is 7. The molecule has 2 aliphatic rings. The van der Waals surface area contributed by atoms with Crippen molar-refractivity contribution < 1.29 is 17.6 Å². The molecule has 5 rings (SSSR count). The number of anilines is 1. The van der Waals surface area contributed by atoms with E-state index in [-0.39, 0.29) is 28.2 Å². The zero-order chi connectivity index (χ0) is 27.5. The van der Waals surface area contributed by atoms with Gasteiger partial charge in [0.1, 0.15) is 11.4 Å². The van der Waals surface area contributed by atoms with Gasteiger partial charge in [-0.15, -0.1) is 0 Å². The maximum Gasteiger partial charge on any atom is 0.246 e. The van der Waals surface area contributed by atoms with Crippen LogP contribution in [0.2, 0.25) is 0 Å². The molecule has 1 atom stereocenters. The Morgan fingerprint density at radius 3 is 2.46 bits per heavy atom. The summed E-state index contributed by atoms with van der Waals surface area (Å²) in [6.07, 6.45) is 12.6. The Morgan fingerprint density at radius 2 is 1.77 bits per heavy atom. The second-order valence-electron chi connectivity index (χ2n) is 10.8. The van der Waals surface area contributed by atoms with Gasteiger partial charge in [-0.25, -0.2) is 12.8 Å². The van der Waals surface area contributed by atoms with Crippen molar-refractivity contribution in [1.29, 1.82) is 0 Å². The first kappa shape index (κ1) is 27.3. The molecule has 1 aromatic heterocycles. The molecular formula is C31H36FN3O3S. The van der Waals surface area contributed by atoms with Crippen molar-refractivity contribution in [3.63, 3.8) is 0 Å². The Labute approximate surface area is 230 Å². The number of benzene rings is 2. The van der Waals surface area contributed by atoms with Gasteiger partial charge in [-0.2, -0.15) is 0 Å². The van der Waals surface area contributed by atoms with Crippen LogP contribution in [0.3, 0.4) is 0 Å². The molecule has 2 N–H and O–H groups in total. The molecule has 3 aromatic rings. The fraction of sp³-hybridized carbons (Fsp3) is 0.419. The van der Waals surface area contributed by atoms with Gasteiger partial charge in [0.05, 0.1) is 9.79 Å². The van der Waals surface area contributed by atoms with Crippen LogP contribution in [-0.4, -0.2) is 24.8 Å². The molecule has 1 amide bonds. The Morgan fingerprint density at radius 1 is 1.05 bits per heavy atom. The normalized spacial score (nSPS) is 19.9. The predicted molar refractivity (Wildman–Crippen MR) is 150 cm³/mol. The zero-order valence-electron chi connectivity index (χ0n) is 22.4. The number of sulfone groups is 1. The van der Waals surface area contributed by atoms with E-state index in [0.717, 1.165) is 48.6 Å². The standard InChI is InChI=1S/C31H36FN3O3S/c1-2-23-12-13-26(32)18-29(23)39(37,38)27-14-10-22(11-15-27)20-34-30(36)31(25-8-6-4-3-5-7-9-25)19-24-21-33-17-16-28(24)35-31/h10-18,21,25,35H,2-9,19-20H2,1H3,(H,34,36). The van der Waals surface area contributed by atoms with Crippen LogP contribution in [0.4, 0.5) is 10.1 Å². The summed E-state index contributed by atoms with van der Waals surface area (Å²) in [5, 5.41) is 6.75. The van der Waals surface area contributed by atoms with Crippen LogP contribution >= 0.6 is 0 Å². The minimum Gasteiger partial charge on any atom is -0.370 e. The second kappa shape index (κ2) is 11.5. The van der Waals surface area contributed by atoms with Gasteiger partial charge in [-0.05, 0) is 72.2 Å². The smallest absolute Gasteiger partial charge is 0.246 e. The van der Waals surface area contributed by atoms with Crippen LogP contribution in [0.15, 0.2) is 70.7 Å². The molecule has 6 nitrogen and oxygen atoms in total. The average molecular weight is 550 g/mol. The number of halogens is 1. The van der Waals surface area contributed by atoms with Crippen molar-refractivity contribution in [2.24, 2.45) is 5.92 Å². The Hall–Kier alpha value is -3.26. The van der Waals surface area contributed by atoms with E-state index in [1.165, 1.54) is 43.5 Å². The fourth-order valence-electron chi connectivity index (χ4n) is 6.12. The minimum absolute atomic E-state index is 0.00596. The highest BCUT2D eigenvalue weighted by Crippen LogP contribution is 2.42. The van der Waals surface area contributed by atoms with Gasteiger partial charge >= 0.3 is 0 Å². The largest absolute Gasteiger partial charge is 0.370 e. The van der Waals surface area contributed by atoms with Crippen LogP contribution in [0.25, 0.3) is 0 Å². The van der Waals surface area contributed by atoms with Crippen LogP contribution in [0, 0.1) is 11.7 Å². The summed E-state index contributed by atoms with van der Waals surface area (Å²) >= 11 is 0. The van der Waals surface area contributed by atoms with Gasteiger partial charge in [0.15, 0.2) is 0 Å². The summed E-state index contributed by atoms with van der Waals surface area (Å²) in [5.74, 6) is -0.396. The number of nitrogens with zero attached hydrogens (tertiary/aromatic N) is 1. The maximum absolute atomic E-state index is 13.9. The number of hydrogen-bond donors (Lipinski definition) is 2. The van der Waals surface area contributed by atoms with Crippen molar-refractivity contribution >= 4 is 21.4 Å². The summed E-state index contributed by atoms with van der Waals surface area (Å²) in [6, 6.07) is 12.3. The molecule has 0 bridgehead atoms. The van der Waals surface area contributed by atoms with Gasteiger partial charge in [0.2, 0.25) is 15.7 Å². The Bertz CT molecular complexity index is 1410. The molecule has 2 heterocycles. The van der Waals surface area contributed by atoms with Gasteiger partial charge in [0.25, 0.3) is 0 Å². The average Bonchev–Trinajstić information content (AvgIpc) is 3.32. The monoisotopic (exact) mass is 549 g/mol. The van der Waals surface area contributed by atoms with Crippen molar-refractivity contribution in [3.8, 4) is 0 Å². The first-order valence-electron chi connectivity index (χ1n) is 14.0. The molecule has 0 saturated heterocycles. The summed E-state index contributed by atoms with van der Waals surface area (Å²) < 4.78 is 40.4. The highest BCUT2D eigenvalue weighted by molar-refractivity contribution is 7.91. The summed E-state index contributed by atoms with van der Waals surface area (Å²) in [6.45, 7) is 2.12. The molecule has 0 spiro atoms. The van der Waals surface area contributed by atoms with Crippen LogP contribution in [-0.2, 0) is 34.0 Å². The molecule has 1 aliphatic heterocycles. The molecule has 39 heavy (non-hydrogen) atoms. The molecule has 1 unspecified atom stereocenters. The van der Waals surface area contributed by atoms with Gasteiger partial charge in [-0.1, -0.05) is 57.2 Å². The van der Waals surface area contributed by atoms with Crippen molar-refractivity contribution in [3.05, 3.63) is 83.4 Å². The number of aromatic nitrogens is 1. The molecule has 206 valence electrons. The van der Waals surface area contributed by atoms with Crippen molar-refractivity contribution in [1.82, 2.24) is 10.3 Å². The fourth-order valence-corrected chi connectivity index (χ4v) is 7.69. The topological polar surface area (TPSA) is 88.2 Å². The number of nitrogens with one attached hydrogen (secondary N) is 2. The number of carbonyl (C=O) groups excluding carboxylic acids is 1. The lowest BCUT2D eigenvalue weighted by Crippen LogP contribution is -2.56. The van der Waals surface area contributed by atoms with E-state index in [4.69, 9.17) is 0 Å². The summed E-state index contributed by atoms with van der Waals surface area (Å²) in [5.41, 5.74) is 2.68. The molecule has 8 heteroatoms. The molecule has 1 aliphatic carbocycles. The lowest BCUT2D eigenvalue weighted by atomic mass is 9.74. The van der Waals surface area contributed by atoms with E-state index in [0.29, 0.717) is 18.4 Å². The van der Waals surface area contributed by atoms with Crippen LogP contribution in [0.5, 0.6) is 0 Å². The summed E-state index contributed by atoms with van der Waals surface area (Å²) in [4.78, 5) is 18.3. The number of amides is 1. The van der Waals surface area contributed by atoms with E-state index in [1.807, 2.05) is 19.2 Å². The van der Waals surface area contributed by atoms with Gasteiger partial charge in [0, 0.05) is 31.0 Å². The zero-order valence-corrected chi connectivity index (χ0v) is 23.2. The maximum atomic E-state index is 13.9. The third kappa shape index (κ3) is 5.57. The number of aryl methyl sites for hydroxylation is 1. The van der Waals surface area contributed by atoms with Gasteiger partial charge in [-0.3, -0.25) is 9.78 Å². The van der Waals surface area contributed by atoms with E-state index in [2.05, 4.69) is 15.6 Å². The third-order valence-corrected chi connectivity index (χ3v) is 10.2. The third-order valence-electron chi connectivity index (χ3n) is 8.32. The molecular weight excluding hydrogens is 513 g/mol. The number of carbonyl (C=O) groups is 1. The molecule has 1 saturated carbocycles. The first-order valence-corrected chi connectivity index (χ1v) is 15.4. The Balaban J connectivity index is 1.33.